The van der Waals surface area contributed by atoms with Crippen LogP contribution in [0.3, 0.4) is 0 Å². The molecule has 2 amide bonds. The number of ether oxygens (including phenoxy) is 2. The van der Waals surface area contributed by atoms with Crippen LogP contribution in [0.1, 0.15) is 33.6 Å². The zero-order valence-electron chi connectivity index (χ0n) is 18.6. The quantitative estimate of drug-likeness (QED) is 0.726. The van der Waals surface area contributed by atoms with Gasteiger partial charge in [-0.25, -0.2) is 9.78 Å². The van der Waals surface area contributed by atoms with Crippen molar-refractivity contribution in [3.63, 3.8) is 0 Å². The number of piperidine rings is 1. The molecule has 2 aromatic heterocycles. The molecule has 8 nitrogen and oxygen atoms in total. The third-order valence-electron chi connectivity index (χ3n) is 5.25. The SMILES string of the molecule is C=C[C@H]1CN(C(=O)OC(C)(C)C)CC[C@@H]1CC(=O)Nc1ccnc2ccc(OC)nc12. The molecule has 1 fully saturated rings. The van der Waals surface area contributed by atoms with Gasteiger partial charge in [0.05, 0.1) is 18.3 Å². The normalized spacial score (nSPS) is 19.0. The summed E-state index contributed by atoms with van der Waals surface area (Å²) in [6, 6.07) is 5.26. The van der Waals surface area contributed by atoms with Gasteiger partial charge >= 0.3 is 6.09 Å². The summed E-state index contributed by atoms with van der Waals surface area (Å²) in [4.78, 5) is 35.6. The van der Waals surface area contributed by atoms with Crippen molar-refractivity contribution in [2.75, 3.05) is 25.5 Å². The Labute approximate surface area is 182 Å². The summed E-state index contributed by atoms with van der Waals surface area (Å²) in [5.41, 5.74) is 1.31. The highest BCUT2D eigenvalue weighted by Gasteiger charge is 2.33. The first-order valence-electron chi connectivity index (χ1n) is 10.4. The Morgan fingerprint density at radius 1 is 1.32 bits per heavy atom. The first kappa shape index (κ1) is 22.5. The van der Waals surface area contributed by atoms with Crippen LogP contribution in [-0.4, -0.2) is 52.7 Å². The Bertz CT molecular complexity index is 970. The number of aromatic nitrogens is 2. The van der Waals surface area contributed by atoms with Gasteiger partial charge in [0, 0.05) is 31.8 Å². The zero-order valence-corrected chi connectivity index (χ0v) is 18.6. The van der Waals surface area contributed by atoms with Crippen LogP contribution >= 0.6 is 0 Å². The summed E-state index contributed by atoms with van der Waals surface area (Å²) in [5, 5.41) is 2.96. The van der Waals surface area contributed by atoms with E-state index in [1.165, 1.54) is 0 Å². The predicted molar refractivity (Wildman–Crippen MR) is 119 cm³/mol. The molecular formula is C23H30N4O4. The number of nitrogens with zero attached hydrogens (tertiary/aromatic N) is 3. The maximum atomic E-state index is 12.8. The Kier molecular flexibility index (Phi) is 6.77. The van der Waals surface area contributed by atoms with Crippen molar-refractivity contribution in [2.24, 2.45) is 11.8 Å². The third-order valence-corrected chi connectivity index (χ3v) is 5.25. The summed E-state index contributed by atoms with van der Waals surface area (Å²) >= 11 is 0. The summed E-state index contributed by atoms with van der Waals surface area (Å²) in [7, 11) is 1.54. The van der Waals surface area contributed by atoms with Crippen LogP contribution in [0.15, 0.2) is 37.1 Å². The van der Waals surface area contributed by atoms with E-state index in [0.717, 1.165) is 0 Å². The highest BCUT2D eigenvalue weighted by Crippen LogP contribution is 2.29. The largest absolute Gasteiger partial charge is 0.481 e. The number of pyridine rings is 2. The summed E-state index contributed by atoms with van der Waals surface area (Å²) < 4.78 is 10.7. The average Bonchev–Trinajstić information content (AvgIpc) is 2.72. The second-order valence-electron chi connectivity index (χ2n) is 8.71. The molecule has 8 heteroatoms. The smallest absolute Gasteiger partial charge is 0.410 e. The first-order chi connectivity index (χ1) is 14.7. The molecule has 2 atom stereocenters. The van der Waals surface area contributed by atoms with E-state index < -0.39 is 5.60 Å². The number of carbonyl (C=O) groups excluding carboxylic acids is 2. The van der Waals surface area contributed by atoms with Gasteiger partial charge in [0.1, 0.15) is 11.1 Å². The Morgan fingerprint density at radius 2 is 2.10 bits per heavy atom. The maximum Gasteiger partial charge on any atom is 0.410 e. The molecule has 1 aliphatic heterocycles. The fraction of sp³-hybridized carbons (Fsp3) is 0.478. The fourth-order valence-corrected chi connectivity index (χ4v) is 3.70. The van der Waals surface area contributed by atoms with Crippen LogP contribution in [0.2, 0.25) is 0 Å². The van der Waals surface area contributed by atoms with E-state index >= 15 is 0 Å². The second kappa shape index (κ2) is 9.32. The number of amides is 2. The second-order valence-corrected chi connectivity index (χ2v) is 8.71. The number of likely N-dealkylation sites (tertiary alicyclic amines) is 1. The van der Waals surface area contributed by atoms with Crippen molar-refractivity contribution >= 4 is 28.7 Å². The molecule has 0 bridgehead atoms. The minimum Gasteiger partial charge on any atom is -0.481 e. The van der Waals surface area contributed by atoms with E-state index in [1.807, 2.05) is 26.8 Å². The van der Waals surface area contributed by atoms with Crippen molar-refractivity contribution in [2.45, 2.75) is 39.2 Å². The van der Waals surface area contributed by atoms with E-state index in [0.29, 0.717) is 48.5 Å². The maximum absolute atomic E-state index is 12.8. The molecule has 166 valence electrons. The van der Waals surface area contributed by atoms with Crippen LogP contribution in [0.25, 0.3) is 11.0 Å². The van der Waals surface area contributed by atoms with E-state index in [4.69, 9.17) is 9.47 Å². The van der Waals surface area contributed by atoms with Crippen LogP contribution in [0, 0.1) is 11.8 Å². The Balaban J connectivity index is 1.65. The minimum atomic E-state index is -0.540. The van der Waals surface area contributed by atoms with Gasteiger partial charge in [-0.15, -0.1) is 6.58 Å². The topological polar surface area (TPSA) is 93.7 Å². The lowest BCUT2D eigenvalue weighted by atomic mass is 9.83. The summed E-state index contributed by atoms with van der Waals surface area (Å²) in [6.45, 7) is 10.5. The molecule has 2 aromatic rings. The van der Waals surface area contributed by atoms with Crippen molar-refractivity contribution in [3.8, 4) is 5.88 Å². The third kappa shape index (κ3) is 5.71. The van der Waals surface area contributed by atoms with Crippen molar-refractivity contribution in [1.29, 1.82) is 0 Å². The van der Waals surface area contributed by atoms with Crippen LogP contribution in [-0.2, 0) is 9.53 Å². The molecule has 1 aliphatic rings. The molecule has 0 saturated carbocycles. The van der Waals surface area contributed by atoms with E-state index in [9.17, 15) is 9.59 Å². The van der Waals surface area contributed by atoms with E-state index in [2.05, 4.69) is 21.9 Å². The number of nitrogens with one attached hydrogen (secondary N) is 1. The molecule has 3 rings (SSSR count). The monoisotopic (exact) mass is 426 g/mol. The average molecular weight is 427 g/mol. The number of fused-ring (bicyclic) bond motifs is 1. The Hall–Kier alpha value is -3.16. The summed E-state index contributed by atoms with van der Waals surface area (Å²) in [6.07, 6.45) is 4.16. The highest BCUT2D eigenvalue weighted by molar-refractivity contribution is 5.99. The van der Waals surface area contributed by atoms with Crippen molar-refractivity contribution in [3.05, 3.63) is 37.1 Å². The molecular weight excluding hydrogens is 396 g/mol. The lowest BCUT2D eigenvalue weighted by molar-refractivity contribution is -0.117. The van der Waals surface area contributed by atoms with Crippen LogP contribution in [0.5, 0.6) is 5.88 Å². The van der Waals surface area contributed by atoms with E-state index in [1.54, 1.807) is 36.4 Å². The molecule has 0 radical (unpaired) electrons. The molecule has 1 N–H and O–H groups in total. The van der Waals surface area contributed by atoms with Gasteiger partial charge in [0.25, 0.3) is 0 Å². The van der Waals surface area contributed by atoms with Gasteiger partial charge in [-0.1, -0.05) is 6.08 Å². The molecule has 0 aliphatic carbocycles. The first-order valence-corrected chi connectivity index (χ1v) is 10.4. The fourth-order valence-electron chi connectivity index (χ4n) is 3.70. The van der Waals surface area contributed by atoms with Gasteiger partial charge in [0.15, 0.2) is 0 Å². The van der Waals surface area contributed by atoms with Crippen molar-refractivity contribution in [1.82, 2.24) is 14.9 Å². The van der Waals surface area contributed by atoms with Gasteiger partial charge in [-0.3, -0.25) is 9.78 Å². The lowest BCUT2D eigenvalue weighted by Crippen LogP contribution is -2.46. The molecule has 1 saturated heterocycles. The van der Waals surface area contributed by atoms with E-state index in [-0.39, 0.29) is 23.8 Å². The lowest BCUT2D eigenvalue weighted by Gasteiger charge is -2.37. The standard InChI is InChI=1S/C23H30N4O4/c1-6-15-14-27(22(29)31-23(2,3)4)12-10-16(15)13-19(28)25-18-9-11-24-17-7-8-20(30-5)26-21(17)18/h6-9,11,15-16H,1,10,12-14H2,2-5H3,(H,24,25,28)/t15-,16+/m0/s1. The zero-order chi connectivity index (χ0) is 22.6. The molecule has 0 aromatic carbocycles. The number of anilines is 1. The number of carbonyl (C=O) groups is 2. The molecule has 0 unspecified atom stereocenters. The van der Waals surface area contributed by atoms with Gasteiger partial charge in [-0.2, -0.15) is 0 Å². The Morgan fingerprint density at radius 3 is 2.77 bits per heavy atom. The van der Waals surface area contributed by atoms with Crippen LogP contribution < -0.4 is 10.1 Å². The molecule has 3 heterocycles. The molecule has 0 spiro atoms. The number of hydrogen-bond donors (Lipinski definition) is 1. The van der Waals surface area contributed by atoms with Gasteiger partial charge in [-0.05, 0) is 51.2 Å². The minimum absolute atomic E-state index is 0.0134. The predicted octanol–water partition coefficient (Wildman–Crippen LogP) is 4.03. The van der Waals surface area contributed by atoms with Gasteiger partial charge < -0.3 is 19.7 Å². The number of methoxy groups -OCH3 is 1. The number of rotatable bonds is 5. The van der Waals surface area contributed by atoms with Crippen LogP contribution in [0.4, 0.5) is 10.5 Å². The van der Waals surface area contributed by atoms with Crippen molar-refractivity contribution < 1.29 is 19.1 Å². The summed E-state index contributed by atoms with van der Waals surface area (Å²) in [5.74, 6) is 0.447. The molecule has 31 heavy (non-hydrogen) atoms. The van der Waals surface area contributed by atoms with Gasteiger partial charge in [0.2, 0.25) is 11.8 Å². The number of hydrogen-bond acceptors (Lipinski definition) is 6. The highest BCUT2D eigenvalue weighted by atomic mass is 16.6.